The molecule has 0 aliphatic carbocycles. The fraction of sp³-hybridized carbons (Fsp3) is 0.500. The molecule has 0 radical (unpaired) electrons. The number of hydrogen-bond acceptors (Lipinski definition) is 4. The standard InChI is InChI=1S/C20H27N3O2/c1-5-24-19-10-16(11-21-15(19)4)25-13-20-22-17-8-6-7-9-18(17)23(20)12-14(2)3/h6-11,14-15,19H,5,12-13H2,1-4H3. The molecule has 1 aromatic carbocycles. The highest BCUT2D eigenvalue weighted by Crippen LogP contribution is 2.20. The summed E-state index contributed by atoms with van der Waals surface area (Å²) in [6, 6.07) is 8.35. The summed E-state index contributed by atoms with van der Waals surface area (Å²) >= 11 is 0. The maximum absolute atomic E-state index is 5.99. The maximum Gasteiger partial charge on any atom is 0.148 e. The van der Waals surface area contributed by atoms with Crippen molar-refractivity contribution in [3.8, 4) is 0 Å². The van der Waals surface area contributed by atoms with Crippen LogP contribution in [0.4, 0.5) is 0 Å². The second-order valence-electron chi connectivity index (χ2n) is 6.82. The van der Waals surface area contributed by atoms with Gasteiger partial charge in [0.2, 0.25) is 0 Å². The van der Waals surface area contributed by atoms with Crippen LogP contribution in [-0.2, 0) is 22.6 Å². The number of allylic oxidation sites excluding steroid dienone is 1. The van der Waals surface area contributed by atoms with Crippen molar-refractivity contribution in [1.29, 1.82) is 0 Å². The van der Waals surface area contributed by atoms with Gasteiger partial charge in [-0.25, -0.2) is 4.98 Å². The van der Waals surface area contributed by atoms with E-state index in [2.05, 4.69) is 35.5 Å². The molecule has 0 spiro atoms. The number of nitrogens with zero attached hydrogens (tertiary/aromatic N) is 3. The summed E-state index contributed by atoms with van der Waals surface area (Å²) in [5.74, 6) is 2.23. The Hall–Kier alpha value is -2.14. The van der Waals surface area contributed by atoms with E-state index in [1.807, 2.05) is 32.1 Å². The van der Waals surface area contributed by atoms with Crippen LogP contribution in [0.2, 0.25) is 0 Å². The quantitative estimate of drug-likeness (QED) is 0.765. The molecule has 0 fully saturated rings. The van der Waals surface area contributed by atoms with Gasteiger partial charge in [0.25, 0.3) is 0 Å². The first-order valence-electron chi connectivity index (χ1n) is 9.02. The number of ether oxygens (including phenoxy) is 2. The average Bonchev–Trinajstić information content (AvgIpc) is 2.93. The molecule has 0 saturated carbocycles. The van der Waals surface area contributed by atoms with E-state index in [-0.39, 0.29) is 12.1 Å². The fourth-order valence-electron chi connectivity index (χ4n) is 3.04. The van der Waals surface area contributed by atoms with E-state index < -0.39 is 0 Å². The number of rotatable bonds is 7. The number of aromatic nitrogens is 2. The van der Waals surface area contributed by atoms with E-state index in [1.165, 1.54) is 0 Å². The third-order valence-corrected chi connectivity index (χ3v) is 4.25. The van der Waals surface area contributed by atoms with Crippen molar-refractivity contribution in [1.82, 2.24) is 9.55 Å². The van der Waals surface area contributed by atoms with Crippen molar-refractivity contribution < 1.29 is 9.47 Å². The minimum absolute atomic E-state index is 0.0283. The fourth-order valence-corrected chi connectivity index (χ4v) is 3.04. The molecule has 3 rings (SSSR count). The van der Waals surface area contributed by atoms with E-state index in [0.717, 1.165) is 29.2 Å². The summed E-state index contributed by atoms with van der Waals surface area (Å²) in [7, 11) is 0. The number of hydrogen-bond donors (Lipinski definition) is 0. The van der Waals surface area contributed by atoms with Crippen molar-refractivity contribution >= 4 is 17.2 Å². The van der Waals surface area contributed by atoms with Crippen molar-refractivity contribution in [3.63, 3.8) is 0 Å². The van der Waals surface area contributed by atoms with Gasteiger partial charge in [-0.3, -0.25) is 4.99 Å². The van der Waals surface area contributed by atoms with Crippen molar-refractivity contribution in [3.05, 3.63) is 41.9 Å². The van der Waals surface area contributed by atoms with Gasteiger partial charge in [-0.1, -0.05) is 26.0 Å². The molecule has 134 valence electrons. The van der Waals surface area contributed by atoms with E-state index in [9.17, 15) is 0 Å². The lowest BCUT2D eigenvalue weighted by Gasteiger charge is -2.22. The van der Waals surface area contributed by atoms with E-state index in [1.54, 1.807) is 6.21 Å². The van der Waals surface area contributed by atoms with E-state index in [0.29, 0.717) is 19.1 Å². The molecular formula is C20H27N3O2. The first-order valence-corrected chi connectivity index (χ1v) is 9.02. The van der Waals surface area contributed by atoms with Crippen LogP contribution in [0.15, 0.2) is 41.1 Å². The van der Waals surface area contributed by atoms with Crippen molar-refractivity contribution in [2.75, 3.05) is 6.61 Å². The van der Waals surface area contributed by atoms with Crippen LogP contribution in [0.5, 0.6) is 0 Å². The minimum atomic E-state index is -0.0283. The van der Waals surface area contributed by atoms with Gasteiger partial charge >= 0.3 is 0 Å². The van der Waals surface area contributed by atoms with Gasteiger partial charge in [-0.2, -0.15) is 0 Å². The Morgan fingerprint density at radius 1 is 1.24 bits per heavy atom. The average molecular weight is 341 g/mol. The zero-order valence-electron chi connectivity index (χ0n) is 15.5. The van der Waals surface area contributed by atoms with Gasteiger partial charge in [0, 0.05) is 13.2 Å². The van der Waals surface area contributed by atoms with Gasteiger partial charge in [0.15, 0.2) is 0 Å². The number of fused-ring (bicyclic) bond motifs is 1. The zero-order chi connectivity index (χ0) is 17.8. The lowest BCUT2D eigenvalue weighted by molar-refractivity contribution is 0.0760. The monoisotopic (exact) mass is 341 g/mol. The first-order chi connectivity index (χ1) is 12.1. The molecule has 0 N–H and O–H groups in total. The molecular weight excluding hydrogens is 314 g/mol. The molecule has 0 amide bonds. The Bertz CT molecular complexity index is 776. The number of dihydropyridines is 1. The normalized spacial score (nSPS) is 20.3. The third kappa shape index (κ3) is 4.10. The topological polar surface area (TPSA) is 48.6 Å². The molecule has 1 aliphatic rings. The third-order valence-electron chi connectivity index (χ3n) is 4.25. The molecule has 1 aromatic heterocycles. The first kappa shape index (κ1) is 17.7. The highest BCUT2D eigenvalue weighted by Gasteiger charge is 2.20. The van der Waals surface area contributed by atoms with Gasteiger partial charge in [-0.15, -0.1) is 0 Å². The number of para-hydroxylation sites is 2. The van der Waals surface area contributed by atoms with Crippen LogP contribution >= 0.6 is 0 Å². The molecule has 5 nitrogen and oxygen atoms in total. The minimum Gasteiger partial charge on any atom is -0.484 e. The van der Waals surface area contributed by atoms with Crippen LogP contribution < -0.4 is 0 Å². The molecule has 2 atom stereocenters. The summed E-state index contributed by atoms with van der Waals surface area (Å²) in [5, 5.41) is 0. The van der Waals surface area contributed by atoms with Crippen LogP contribution in [0.25, 0.3) is 11.0 Å². The zero-order valence-corrected chi connectivity index (χ0v) is 15.5. The summed E-state index contributed by atoms with van der Waals surface area (Å²) < 4.78 is 14.0. The molecule has 2 unspecified atom stereocenters. The Morgan fingerprint density at radius 3 is 2.80 bits per heavy atom. The van der Waals surface area contributed by atoms with Gasteiger partial charge in [-0.05, 0) is 38.0 Å². The lowest BCUT2D eigenvalue weighted by atomic mass is 10.1. The van der Waals surface area contributed by atoms with E-state index >= 15 is 0 Å². The van der Waals surface area contributed by atoms with Crippen molar-refractivity contribution in [2.45, 2.75) is 53.0 Å². The molecule has 2 aromatic rings. The summed E-state index contributed by atoms with van der Waals surface area (Å²) in [4.78, 5) is 9.22. The summed E-state index contributed by atoms with van der Waals surface area (Å²) in [5.41, 5.74) is 2.16. The maximum atomic E-state index is 5.99. The van der Waals surface area contributed by atoms with Crippen LogP contribution in [0.1, 0.15) is 33.5 Å². The smallest absolute Gasteiger partial charge is 0.148 e. The van der Waals surface area contributed by atoms with Gasteiger partial charge in [0.05, 0.1) is 23.3 Å². The molecule has 5 heteroatoms. The Morgan fingerprint density at radius 2 is 2.04 bits per heavy atom. The number of benzene rings is 1. The number of aliphatic imine (C=N–C) groups is 1. The molecule has 0 saturated heterocycles. The van der Waals surface area contributed by atoms with Gasteiger partial charge < -0.3 is 14.0 Å². The summed E-state index contributed by atoms with van der Waals surface area (Å²) in [6.07, 6.45) is 3.77. The Kier molecular flexibility index (Phi) is 5.53. The lowest BCUT2D eigenvalue weighted by Crippen LogP contribution is -2.27. The highest BCUT2D eigenvalue weighted by molar-refractivity contribution is 5.77. The van der Waals surface area contributed by atoms with Crippen molar-refractivity contribution in [2.24, 2.45) is 10.9 Å². The van der Waals surface area contributed by atoms with E-state index in [4.69, 9.17) is 14.5 Å². The van der Waals surface area contributed by atoms with Gasteiger partial charge in [0.1, 0.15) is 24.3 Å². The summed E-state index contributed by atoms with van der Waals surface area (Å²) in [6.45, 7) is 10.5. The second kappa shape index (κ2) is 7.83. The Labute approximate surface area is 149 Å². The molecule has 1 aliphatic heterocycles. The molecule has 2 heterocycles. The molecule has 0 bridgehead atoms. The Balaban J connectivity index is 1.79. The van der Waals surface area contributed by atoms with Crippen LogP contribution in [0, 0.1) is 5.92 Å². The van der Waals surface area contributed by atoms with Crippen LogP contribution in [0.3, 0.4) is 0 Å². The predicted molar refractivity (Wildman–Crippen MR) is 101 cm³/mol. The predicted octanol–water partition coefficient (Wildman–Crippen LogP) is 3.97. The number of imidazole rings is 1. The highest BCUT2D eigenvalue weighted by atomic mass is 16.5. The second-order valence-corrected chi connectivity index (χ2v) is 6.82. The largest absolute Gasteiger partial charge is 0.484 e. The molecule has 25 heavy (non-hydrogen) atoms. The SMILES string of the molecule is CCOC1C=C(OCc2nc3ccccc3n2CC(C)C)C=NC1C. The van der Waals surface area contributed by atoms with Crippen LogP contribution in [-0.4, -0.2) is 34.5 Å².